The van der Waals surface area contributed by atoms with Crippen LogP contribution in [0.3, 0.4) is 0 Å². The molecule has 0 amide bonds. The van der Waals surface area contributed by atoms with Crippen molar-refractivity contribution in [3.63, 3.8) is 0 Å². The van der Waals surface area contributed by atoms with Gasteiger partial charge in [0.05, 0.1) is 6.10 Å². The monoisotopic (exact) mass is 206 g/mol. The SMILES string of the molecule is CC1=C(Sc2ccccc2)CCC1O. The summed E-state index contributed by atoms with van der Waals surface area (Å²) >= 11 is 1.78. The van der Waals surface area contributed by atoms with Gasteiger partial charge in [0.15, 0.2) is 0 Å². The van der Waals surface area contributed by atoms with E-state index < -0.39 is 0 Å². The van der Waals surface area contributed by atoms with Gasteiger partial charge in [0, 0.05) is 4.90 Å². The maximum atomic E-state index is 9.57. The molecule has 0 bridgehead atoms. The van der Waals surface area contributed by atoms with E-state index in [0.29, 0.717) is 0 Å². The fourth-order valence-corrected chi connectivity index (χ4v) is 2.72. The number of aliphatic hydroxyl groups is 1. The van der Waals surface area contributed by atoms with Crippen LogP contribution in [0.25, 0.3) is 0 Å². The molecule has 0 saturated carbocycles. The Kier molecular flexibility index (Phi) is 2.94. The van der Waals surface area contributed by atoms with E-state index in [2.05, 4.69) is 12.1 Å². The van der Waals surface area contributed by atoms with Crippen LogP contribution in [-0.2, 0) is 0 Å². The first-order chi connectivity index (χ1) is 6.77. The summed E-state index contributed by atoms with van der Waals surface area (Å²) in [7, 11) is 0. The van der Waals surface area contributed by atoms with Gasteiger partial charge in [0.1, 0.15) is 0 Å². The van der Waals surface area contributed by atoms with E-state index in [1.807, 2.05) is 25.1 Å². The molecule has 2 rings (SSSR count). The molecule has 0 saturated heterocycles. The molecule has 1 aliphatic rings. The highest BCUT2D eigenvalue weighted by Gasteiger charge is 2.20. The zero-order valence-electron chi connectivity index (χ0n) is 8.23. The lowest BCUT2D eigenvalue weighted by Gasteiger charge is -2.04. The molecule has 1 aromatic carbocycles. The second-order valence-electron chi connectivity index (χ2n) is 3.58. The molecule has 0 radical (unpaired) electrons. The van der Waals surface area contributed by atoms with Crippen LogP contribution in [0.5, 0.6) is 0 Å². The van der Waals surface area contributed by atoms with Crippen LogP contribution < -0.4 is 0 Å². The van der Waals surface area contributed by atoms with E-state index in [4.69, 9.17) is 0 Å². The third-order valence-corrected chi connectivity index (χ3v) is 3.85. The number of aliphatic hydroxyl groups excluding tert-OH is 1. The van der Waals surface area contributed by atoms with E-state index >= 15 is 0 Å². The van der Waals surface area contributed by atoms with Crippen LogP contribution in [0.1, 0.15) is 19.8 Å². The van der Waals surface area contributed by atoms with Gasteiger partial charge in [-0.05, 0) is 42.4 Å². The second kappa shape index (κ2) is 4.20. The van der Waals surface area contributed by atoms with Gasteiger partial charge in [-0.3, -0.25) is 0 Å². The molecular formula is C12H14OS. The summed E-state index contributed by atoms with van der Waals surface area (Å²) in [5, 5.41) is 9.57. The Morgan fingerprint density at radius 3 is 2.57 bits per heavy atom. The number of benzene rings is 1. The predicted octanol–water partition coefficient (Wildman–Crippen LogP) is 3.21. The molecule has 1 unspecified atom stereocenters. The van der Waals surface area contributed by atoms with Crippen molar-refractivity contribution in [2.75, 3.05) is 0 Å². The van der Waals surface area contributed by atoms with Gasteiger partial charge in [-0.1, -0.05) is 30.0 Å². The van der Waals surface area contributed by atoms with Gasteiger partial charge >= 0.3 is 0 Å². The largest absolute Gasteiger partial charge is 0.389 e. The molecule has 0 aliphatic heterocycles. The van der Waals surface area contributed by atoms with E-state index in [-0.39, 0.29) is 6.10 Å². The van der Waals surface area contributed by atoms with Gasteiger partial charge in [0.25, 0.3) is 0 Å². The lowest BCUT2D eigenvalue weighted by atomic mass is 10.2. The molecule has 0 fully saturated rings. The van der Waals surface area contributed by atoms with Gasteiger partial charge in [-0.2, -0.15) is 0 Å². The van der Waals surface area contributed by atoms with E-state index in [1.165, 1.54) is 9.80 Å². The average Bonchev–Trinajstić information content (AvgIpc) is 2.52. The van der Waals surface area contributed by atoms with Gasteiger partial charge in [-0.25, -0.2) is 0 Å². The molecule has 1 aliphatic carbocycles. The van der Waals surface area contributed by atoms with Crippen LogP contribution in [0, 0.1) is 0 Å². The molecule has 1 aromatic rings. The first-order valence-electron chi connectivity index (χ1n) is 4.88. The maximum Gasteiger partial charge on any atom is 0.0761 e. The number of thioether (sulfide) groups is 1. The van der Waals surface area contributed by atoms with E-state index in [1.54, 1.807) is 11.8 Å². The van der Waals surface area contributed by atoms with Gasteiger partial charge in [0.2, 0.25) is 0 Å². The van der Waals surface area contributed by atoms with E-state index in [0.717, 1.165) is 18.4 Å². The molecule has 0 aromatic heterocycles. The Hall–Kier alpha value is -0.730. The quantitative estimate of drug-likeness (QED) is 0.801. The Labute approximate surface area is 88.8 Å². The van der Waals surface area contributed by atoms with Crippen LogP contribution in [0.15, 0.2) is 45.7 Å². The molecule has 1 N–H and O–H groups in total. The summed E-state index contributed by atoms with van der Waals surface area (Å²) in [4.78, 5) is 2.60. The minimum atomic E-state index is -0.207. The van der Waals surface area contributed by atoms with Gasteiger partial charge in [-0.15, -0.1) is 0 Å². The van der Waals surface area contributed by atoms with Crippen molar-refractivity contribution in [2.24, 2.45) is 0 Å². The lowest BCUT2D eigenvalue weighted by Crippen LogP contribution is -2.00. The lowest BCUT2D eigenvalue weighted by molar-refractivity contribution is 0.212. The topological polar surface area (TPSA) is 20.2 Å². The van der Waals surface area contributed by atoms with Crippen LogP contribution >= 0.6 is 11.8 Å². The first-order valence-corrected chi connectivity index (χ1v) is 5.69. The van der Waals surface area contributed by atoms with Crippen molar-refractivity contribution in [1.29, 1.82) is 0 Å². The fourth-order valence-electron chi connectivity index (χ4n) is 1.63. The summed E-state index contributed by atoms with van der Waals surface area (Å²) in [6, 6.07) is 10.3. The summed E-state index contributed by atoms with van der Waals surface area (Å²) in [6.45, 7) is 2.03. The Morgan fingerprint density at radius 1 is 1.29 bits per heavy atom. The zero-order valence-corrected chi connectivity index (χ0v) is 9.05. The van der Waals surface area contributed by atoms with Gasteiger partial charge < -0.3 is 5.11 Å². The minimum absolute atomic E-state index is 0.207. The highest BCUT2D eigenvalue weighted by molar-refractivity contribution is 8.03. The Bertz CT molecular complexity index is 343. The molecule has 1 nitrogen and oxygen atoms in total. The van der Waals surface area contributed by atoms with Crippen molar-refractivity contribution < 1.29 is 5.11 Å². The molecule has 74 valence electrons. The molecule has 1 atom stereocenters. The molecular weight excluding hydrogens is 192 g/mol. The Morgan fingerprint density at radius 2 is 2.00 bits per heavy atom. The number of hydrogen-bond donors (Lipinski definition) is 1. The summed E-state index contributed by atoms with van der Waals surface area (Å²) < 4.78 is 0. The third kappa shape index (κ3) is 2.02. The number of hydrogen-bond acceptors (Lipinski definition) is 2. The number of rotatable bonds is 2. The third-order valence-electron chi connectivity index (χ3n) is 2.57. The first kappa shape index (κ1) is 9.81. The number of allylic oxidation sites excluding steroid dienone is 1. The normalized spacial score (nSPS) is 21.7. The highest BCUT2D eigenvalue weighted by atomic mass is 32.2. The smallest absolute Gasteiger partial charge is 0.0761 e. The van der Waals surface area contributed by atoms with Crippen molar-refractivity contribution in [2.45, 2.75) is 30.8 Å². The molecule has 0 spiro atoms. The van der Waals surface area contributed by atoms with Crippen LogP contribution in [0.2, 0.25) is 0 Å². The average molecular weight is 206 g/mol. The standard InChI is InChI=1S/C12H14OS/c1-9-11(13)7-8-12(9)14-10-5-3-2-4-6-10/h2-6,11,13H,7-8H2,1H3. The molecule has 2 heteroatoms. The van der Waals surface area contributed by atoms with Crippen LogP contribution in [-0.4, -0.2) is 11.2 Å². The Balaban J connectivity index is 2.13. The van der Waals surface area contributed by atoms with Crippen molar-refractivity contribution in [3.05, 3.63) is 40.8 Å². The summed E-state index contributed by atoms with van der Waals surface area (Å²) in [5.74, 6) is 0. The maximum absolute atomic E-state index is 9.57. The van der Waals surface area contributed by atoms with Crippen molar-refractivity contribution in [3.8, 4) is 0 Å². The summed E-state index contributed by atoms with van der Waals surface area (Å²) in [6.07, 6.45) is 1.70. The minimum Gasteiger partial charge on any atom is -0.389 e. The van der Waals surface area contributed by atoms with Crippen molar-refractivity contribution >= 4 is 11.8 Å². The second-order valence-corrected chi connectivity index (χ2v) is 4.74. The predicted molar refractivity (Wildman–Crippen MR) is 60.2 cm³/mol. The summed E-state index contributed by atoms with van der Waals surface area (Å²) in [5.41, 5.74) is 1.15. The fraction of sp³-hybridized carbons (Fsp3) is 0.333. The van der Waals surface area contributed by atoms with Crippen LogP contribution in [0.4, 0.5) is 0 Å². The molecule has 14 heavy (non-hydrogen) atoms. The van der Waals surface area contributed by atoms with Crippen molar-refractivity contribution in [1.82, 2.24) is 0 Å². The zero-order chi connectivity index (χ0) is 9.97. The molecule has 0 heterocycles. The van der Waals surface area contributed by atoms with E-state index in [9.17, 15) is 5.11 Å². The highest BCUT2D eigenvalue weighted by Crippen LogP contribution is 2.38.